The lowest BCUT2D eigenvalue weighted by atomic mass is 10.0. The van der Waals surface area contributed by atoms with E-state index >= 15 is 0 Å². The number of halogens is 1. The molecule has 1 heterocycles. The Morgan fingerprint density at radius 1 is 1.08 bits per heavy atom. The molecule has 1 aliphatic carbocycles. The van der Waals surface area contributed by atoms with Crippen LogP contribution in [0.15, 0.2) is 59.1 Å². The second-order valence-electron chi connectivity index (χ2n) is 6.99. The molecule has 2 nitrogen and oxygen atoms in total. The number of rotatable bonds is 4. The van der Waals surface area contributed by atoms with Crippen molar-refractivity contribution in [3.8, 4) is 0 Å². The van der Waals surface area contributed by atoms with Crippen molar-refractivity contribution in [1.29, 1.82) is 0 Å². The molecule has 4 rings (SSSR count). The third-order valence-electron chi connectivity index (χ3n) is 5.39. The predicted octanol–water partition coefficient (Wildman–Crippen LogP) is 4.79. The van der Waals surface area contributed by atoms with Crippen molar-refractivity contribution in [1.82, 2.24) is 4.90 Å². The molecule has 3 heteroatoms. The Kier molecular flexibility index (Phi) is 4.45. The van der Waals surface area contributed by atoms with E-state index in [1.807, 2.05) is 12.1 Å². The van der Waals surface area contributed by atoms with Crippen molar-refractivity contribution in [2.75, 3.05) is 6.54 Å². The molecule has 0 aromatic heterocycles. The van der Waals surface area contributed by atoms with Crippen LogP contribution >= 0.6 is 15.9 Å². The highest BCUT2D eigenvalue weighted by Crippen LogP contribution is 2.51. The summed E-state index contributed by atoms with van der Waals surface area (Å²) in [6, 6.07) is 19.2. The SMILES string of the molecule is O=C([C@@H]1C[C@H]1c1ccccc1Br)N1CCC[C@@H]1Cc1ccccc1. The maximum absolute atomic E-state index is 13.0. The molecule has 0 unspecified atom stereocenters. The number of likely N-dealkylation sites (tertiary alicyclic amines) is 1. The average Bonchev–Trinajstić information content (AvgIpc) is 3.27. The fraction of sp³-hybridized carbons (Fsp3) is 0.381. The van der Waals surface area contributed by atoms with Crippen LogP contribution in [-0.2, 0) is 11.2 Å². The van der Waals surface area contributed by atoms with E-state index in [1.165, 1.54) is 11.1 Å². The summed E-state index contributed by atoms with van der Waals surface area (Å²) in [6.45, 7) is 0.926. The molecule has 1 saturated heterocycles. The largest absolute Gasteiger partial charge is 0.339 e. The summed E-state index contributed by atoms with van der Waals surface area (Å²) in [5.41, 5.74) is 2.62. The number of benzene rings is 2. The van der Waals surface area contributed by atoms with Gasteiger partial charge < -0.3 is 4.90 Å². The Labute approximate surface area is 152 Å². The Balaban J connectivity index is 1.44. The second-order valence-corrected chi connectivity index (χ2v) is 7.84. The number of amides is 1. The number of carbonyl (C=O) groups is 1. The molecule has 0 spiro atoms. The van der Waals surface area contributed by atoms with E-state index in [0.717, 1.165) is 36.7 Å². The summed E-state index contributed by atoms with van der Waals surface area (Å²) in [4.78, 5) is 15.2. The Morgan fingerprint density at radius 3 is 2.62 bits per heavy atom. The smallest absolute Gasteiger partial charge is 0.226 e. The predicted molar refractivity (Wildman–Crippen MR) is 99.9 cm³/mol. The zero-order valence-electron chi connectivity index (χ0n) is 13.7. The van der Waals surface area contributed by atoms with Gasteiger partial charge in [-0.1, -0.05) is 64.5 Å². The van der Waals surface area contributed by atoms with Crippen molar-refractivity contribution in [3.05, 3.63) is 70.2 Å². The molecule has 0 N–H and O–H groups in total. The van der Waals surface area contributed by atoms with Crippen LogP contribution in [0.4, 0.5) is 0 Å². The standard InChI is InChI=1S/C21H22BrNO/c22-20-11-5-4-10-17(20)18-14-19(18)21(24)23-12-6-9-16(23)13-15-7-2-1-3-8-15/h1-5,7-8,10-11,16,18-19H,6,9,12-14H2/t16-,18+,19-/m1/s1. The summed E-state index contributed by atoms with van der Waals surface area (Å²) >= 11 is 3.63. The molecule has 2 aromatic rings. The fourth-order valence-corrected chi connectivity index (χ4v) is 4.60. The minimum absolute atomic E-state index is 0.181. The van der Waals surface area contributed by atoms with Gasteiger partial charge in [-0.3, -0.25) is 4.79 Å². The Bertz CT molecular complexity index is 730. The number of hydrogen-bond acceptors (Lipinski definition) is 1. The molecule has 1 aliphatic heterocycles. The van der Waals surface area contributed by atoms with Gasteiger partial charge in [0.25, 0.3) is 0 Å². The van der Waals surface area contributed by atoms with Crippen molar-refractivity contribution in [2.45, 2.75) is 37.6 Å². The minimum Gasteiger partial charge on any atom is -0.339 e. The summed E-state index contributed by atoms with van der Waals surface area (Å²) < 4.78 is 1.13. The zero-order chi connectivity index (χ0) is 16.5. The third kappa shape index (κ3) is 3.14. The summed E-state index contributed by atoms with van der Waals surface area (Å²) in [7, 11) is 0. The highest BCUT2D eigenvalue weighted by molar-refractivity contribution is 9.10. The summed E-state index contributed by atoms with van der Waals surface area (Å²) in [5.74, 6) is 0.945. The first-order chi connectivity index (χ1) is 11.7. The van der Waals surface area contributed by atoms with E-state index in [9.17, 15) is 4.79 Å². The lowest BCUT2D eigenvalue weighted by Gasteiger charge is -2.25. The van der Waals surface area contributed by atoms with Crippen molar-refractivity contribution >= 4 is 21.8 Å². The number of carbonyl (C=O) groups excluding carboxylic acids is 1. The second kappa shape index (κ2) is 6.72. The first kappa shape index (κ1) is 15.9. The highest BCUT2D eigenvalue weighted by Gasteiger charge is 2.48. The summed E-state index contributed by atoms with van der Waals surface area (Å²) in [6.07, 6.45) is 4.25. The van der Waals surface area contributed by atoms with Crippen LogP contribution in [0.2, 0.25) is 0 Å². The molecule has 2 aliphatic rings. The van der Waals surface area contributed by atoms with Gasteiger partial charge in [-0.15, -0.1) is 0 Å². The molecule has 24 heavy (non-hydrogen) atoms. The zero-order valence-corrected chi connectivity index (χ0v) is 15.3. The van der Waals surface area contributed by atoms with Crippen molar-refractivity contribution in [2.24, 2.45) is 5.92 Å². The highest BCUT2D eigenvalue weighted by atomic mass is 79.9. The van der Waals surface area contributed by atoms with E-state index in [2.05, 4.69) is 63.3 Å². The fourth-order valence-electron chi connectivity index (χ4n) is 4.02. The van der Waals surface area contributed by atoms with Gasteiger partial charge in [-0.05, 0) is 48.8 Å². The van der Waals surface area contributed by atoms with Gasteiger partial charge in [0.05, 0.1) is 0 Å². The van der Waals surface area contributed by atoms with Gasteiger partial charge >= 0.3 is 0 Å². The molecular formula is C21H22BrNO. The van der Waals surface area contributed by atoms with E-state index in [0.29, 0.717) is 17.9 Å². The van der Waals surface area contributed by atoms with E-state index in [1.54, 1.807) is 0 Å². The lowest BCUT2D eigenvalue weighted by Crippen LogP contribution is -2.38. The minimum atomic E-state index is 0.181. The first-order valence-corrected chi connectivity index (χ1v) is 9.62. The third-order valence-corrected chi connectivity index (χ3v) is 6.11. The monoisotopic (exact) mass is 383 g/mol. The van der Waals surface area contributed by atoms with E-state index in [-0.39, 0.29) is 5.92 Å². The van der Waals surface area contributed by atoms with Gasteiger partial charge in [0.1, 0.15) is 0 Å². The lowest BCUT2D eigenvalue weighted by molar-refractivity contribution is -0.133. The average molecular weight is 384 g/mol. The Hall–Kier alpha value is -1.61. The molecule has 0 bridgehead atoms. The number of hydrogen-bond donors (Lipinski definition) is 0. The van der Waals surface area contributed by atoms with Gasteiger partial charge in [-0.2, -0.15) is 0 Å². The topological polar surface area (TPSA) is 20.3 Å². The van der Waals surface area contributed by atoms with Crippen molar-refractivity contribution < 1.29 is 4.79 Å². The maximum atomic E-state index is 13.0. The van der Waals surface area contributed by atoms with Crippen molar-refractivity contribution in [3.63, 3.8) is 0 Å². The molecule has 2 aromatic carbocycles. The van der Waals surface area contributed by atoms with Crippen LogP contribution in [0.25, 0.3) is 0 Å². The van der Waals surface area contributed by atoms with Gasteiger partial charge in [0.15, 0.2) is 0 Å². The van der Waals surface area contributed by atoms with Crippen LogP contribution in [0, 0.1) is 5.92 Å². The molecule has 1 amide bonds. The van der Waals surface area contributed by atoms with Gasteiger partial charge in [0.2, 0.25) is 5.91 Å². The number of nitrogens with zero attached hydrogens (tertiary/aromatic N) is 1. The van der Waals surface area contributed by atoms with Gasteiger partial charge in [-0.25, -0.2) is 0 Å². The van der Waals surface area contributed by atoms with Crippen LogP contribution in [0.1, 0.15) is 36.3 Å². The molecule has 3 atom stereocenters. The first-order valence-electron chi connectivity index (χ1n) is 8.83. The molecular weight excluding hydrogens is 362 g/mol. The van der Waals surface area contributed by atoms with Crippen LogP contribution in [0.3, 0.4) is 0 Å². The van der Waals surface area contributed by atoms with Crippen LogP contribution < -0.4 is 0 Å². The Morgan fingerprint density at radius 2 is 1.83 bits per heavy atom. The van der Waals surface area contributed by atoms with Crippen LogP contribution in [0.5, 0.6) is 0 Å². The normalized spacial score (nSPS) is 25.7. The summed E-state index contributed by atoms with van der Waals surface area (Å²) in [5, 5.41) is 0. The maximum Gasteiger partial charge on any atom is 0.226 e. The molecule has 124 valence electrons. The quantitative estimate of drug-likeness (QED) is 0.743. The molecule has 0 radical (unpaired) electrons. The van der Waals surface area contributed by atoms with E-state index in [4.69, 9.17) is 0 Å². The van der Waals surface area contributed by atoms with E-state index < -0.39 is 0 Å². The molecule has 2 fully saturated rings. The molecule has 1 saturated carbocycles. The van der Waals surface area contributed by atoms with Crippen LogP contribution in [-0.4, -0.2) is 23.4 Å². The van der Waals surface area contributed by atoms with Gasteiger partial charge in [0, 0.05) is 23.0 Å².